The van der Waals surface area contributed by atoms with Gasteiger partial charge in [-0.1, -0.05) is 11.6 Å². The molecule has 2 aliphatic heterocycles. The summed E-state index contributed by atoms with van der Waals surface area (Å²) in [6.07, 6.45) is 0. The number of rotatable bonds is 2. The van der Waals surface area contributed by atoms with Gasteiger partial charge in [0.25, 0.3) is 5.91 Å². The van der Waals surface area contributed by atoms with Gasteiger partial charge in [-0.25, -0.2) is 0 Å². The second kappa shape index (κ2) is 6.52. The fourth-order valence-corrected chi connectivity index (χ4v) is 4.03. The lowest BCUT2D eigenvalue weighted by Crippen LogP contribution is -2.45. The molecule has 2 bridgehead atoms. The largest absolute Gasteiger partial charge is 0.493 e. The lowest BCUT2D eigenvalue weighted by molar-refractivity contribution is 0.0467. The van der Waals surface area contributed by atoms with Crippen molar-refractivity contribution in [1.29, 1.82) is 0 Å². The van der Waals surface area contributed by atoms with Gasteiger partial charge in [-0.05, 0) is 19.2 Å². The Hall–Kier alpha value is -1.76. The van der Waals surface area contributed by atoms with Gasteiger partial charge in [0, 0.05) is 42.0 Å². The first-order valence-corrected chi connectivity index (χ1v) is 8.77. The van der Waals surface area contributed by atoms with Crippen LogP contribution in [0, 0.1) is 5.92 Å². The zero-order chi connectivity index (χ0) is 17.6. The third-order valence-corrected chi connectivity index (χ3v) is 5.11. The molecule has 1 amide bonds. The average molecular weight is 365 g/mol. The summed E-state index contributed by atoms with van der Waals surface area (Å²) in [4.78, 5) is 17.3. The molecule has 0 spiro atoms. The highest BCUT2D eigenvalue weighted by Gasteiger charge is 2.36. The number of hydrogen-bond acceptors (Lipinski definition) is 5. The Kier molecular flexibility index (Phi) is 4.35. The number of ether oxygens (including phenoxy) is 2. The van der Waals surface area contributed by atoms with Crippen LogP contribution in [0.2, 0.25) is 5.02 Å². The van der Waals surface area contributed by atoms with E-state index in [0.29, 0.717) is 47.8 Å². The molecular formula is C18H21ClN2O4. The number of amides is 1. The van der Waals surface area contributed by atoms with Crippen molar-refractivity contribution in [3.63, 3.8) is 0 Å². The van der Waals surface area contributed by atoms with E-state index in [-0.39, 0.29) is 11.9 Å². The molecule has 2 aliphatic rings. The van der Waals surface area contributed by atoms with Gasteiger partial charge < -0.3 is 23.7 Å². The molecule has 4 rings (SSSR count). The van der Waals surface area contributed by atoms with Crippen LogP contribution in [0.3, 0.4) is 0 Å². The molecule has 0 radical (unpaired) electrons. The van der Waals surface area contributed by atoms with E-state index in [1.54, 1.807) is 25.3 Å². The number of fused-ring (bicyclic) bond motifs is 4. The summed E-state index contributed by atoms with van der Waals surface area (Å²) in [5, 5.41) is 1.31. The van der Waals surface area contributed by atoms with Gasteiger partial charge >= 0.3 is 0 Å². The van der Waals surface area contributed by atoms with Crippen molar-refractivity contribution in [2.75, 3.05) is 47.0 Å². The number of furan rings is 1. The Labute approximate surface area is 151 Å². The van der Waals surface area contributed by atoms with E-state index < -0.39 is 0 Å². The molecule has 134 valence electrons. The zero-order valence-corrected chi connectivity index (χ0v) is 15.1. The van der Waals surface area contributed by atoms with Crippen LogP contribution in [0.4, 0.5) is 0 Å². The van der Waals surface area contributed by atoms with Gasteiger partial charge in [-0.15, -0.1) is 0 Å². The number of likely N-dealkylation sites (N-methyl/N-ethyl adjacent to an activating group) is 1. The number of methoxy groups -OCH3 is 1. The van der Waals surface area contributed by atoms with Gasteiger partial charge in [-0.2, -0.15) is 0 Å². The number of benzene rings is 1. The molecule has 0 N–H and O–H groups in total. The van der Waals surface area contributed by atoms with Crippen molar-refractivity contribution in [3.8, 4) is 5.75 Å². The Morgan fingerprint density at radius 2 is 2.08 bits per heavy atom. The number of carbonyl (C=O) groups excluding carboxylic acids is 1. The highest BCUT2D eigenvalue weighted by atomic mass is 35.5. The van der Waals surface area contributed by atoms with Gasteiger partial charge in [0.15, 0.2) is 17.1 Å². The second-order valence-electron chi connectivity index (χ2n) is 6.87. The summed E-state index contributed by atoms with van der Waals surface area (Å²) in [5.41, 5.74) is 0.543. The molecule has 7 heteroatoms. The van der Waals surface area contributed by atoms with Crippen molar-refractivity contribution in [2.24, 2.45) is 5.92 Å². The monoisotopic (exact) mass is 364 g/mol. The van der Waals surface area contributed by atoms with Gasteiger partial charge in [0.2, 0.25) is 0 Å². The van der Waals surface area contributed by atoms with E-state index in [9.17, 15) is 4.79 Å². The summed E-state index contributed by atoms with van der Waals surface area (Å²) in [6, 6.07) is 5.23. The third kappa shape index (κ3) is 3.10. The Morgan fingerprint density at radius 3 is 2.88 bits per heavy atom. The smallest absolute Gasteiger partial charge is 0.289 e. The Balaban J connectivity index is 1.69. The van der Waals surface area contributed by atoms with Crippen LogP contribution >= 0.6 is 11.6 Å². The van der Waals surface area contributed by atoms with Crippen LogP contribution in [-0.4, -0.2) is 68.8 Å². The first-order valence-electron chi connectivity index (χ1n) is 8.39. The summed E-state index contributed by atoms with van der Waals surface area (Å²) in [5.74, 6) is 1.05. The van der Waals surface area contributed by atoms with Crippen molar-refractivity contribution in [1.82, 2.24) is 9.80 Å². The van der Waals surface area contributed by atoms with Crippen LogP contribution in [0.15, 0.2) is 22.6 Å². The van der Waals surface area contributed by atoms with Crippen LogP contribution in [-0.2, 0) is 4.74 Å². The number of halogens is 1. The van der Waals surface area contributed by atoms with E-state index >= 15 is 0 Å². The summed E-state index contributed by atoms with van der Waals surface area (Å²) >= 11 is 6.11. The molecule has 0 saturated carbocycles. The number of hydrogen-bond donors (Lipinski definition) is 0. The maximum atomic E-state index is 13.1. The van der Waals surface area contributed by atoms with Gasteiger partial charge in [-0.3, -0.25) is 4.79 Å². The molecule has 2 atom stereocenters. The molecule has 1 aromatic heterocycles. The van der Waals surface area contributed by atoms with Crippen LogP contribution < -0.4 is 4.74 Å². The topological polar surface area (TPSA) is 55.1 Å². The van der Waals surface area contributed by atoms with Crippen molar-refractivity contribution in [2.45, 2.75) is 6.04 Å². The first-order chi connectivity index (χ1) is 12.0. The maximum Gasteiger partial charge on any atom is 0.289 e. The molecule has 1 aromatic carbocycles. The van der Waals surface area contributed by atoms with Gasteiger partial charge in [0.05, 0.1) is 26.4 Å². The molecule has 6 nitrogen and oxygen atoms in total. The number of carbonyl (C=O) groups is 1. The minimum atomic E-state index is -0.106. The van der Waals surface area contributed by atoms with Crippen LogP contribution in [0.5, 0.6) is 5.75 Å². The van der Waals surface area contributed by atoms with E-state index in [0.717, 1.165) is 18.5 Å². The second-order valence-corrected chi connectivity index (χ2v) is 7.31. The normalized spacial score (nSPS) is 24.4. The number of nitrogens with zero attached hydrogens (tertiary/aromatic N) is 2. The minimum Gasteiger partial charge on any atom is -0.493 e. The summed E-state index contributed by atoms with van der Waals surface area (Å²) in [7, 11) is 3.65. The molecule has 0 unspecified atom stereocenters. The van der Waals surface area contributed by atoms with Crippen molar-refractivity contribution < 1.29 is 18.7 Å². The summed E-state index contributed by atoms with van der Waals surface area (Å²) < 4.78 is 16.9. The first kappa shape index (κ1) is 16.7. The van der Waals surface area contributed by atoms with Gasteiger partial charge in [0.1, 0.15) is 0 Å². The molecule has 2 aromatic rings. The lowest BCUT2D eigenvalue weighted by atomic mass is 10.1. The minimum absolute atomic E-state index is 0.0312. The Bertz CT molecular complexity index is 806. The van der Waals surface area contributed by atoms with E-state index in [4.69, 9.17) is 25.5 Å². The van der Waals surface area contributed by atoms with E-state index in [2.05, 4.69) is 11.9 Å². The molecule has 0 aliphatic carbocycles. The predicted molar refractivity (Wildman–Crippen MR) is 94.4 cm³/mol. The van der Waals surface area contributed by atoms with Crippen LogP contribution in [0.1, 0.15) is 10.6 Å². The van der Waals surface area contributed by atoms with E-state index in [1.165, 1.54) is 0 Å². The fourth-order valence-electron chi connectivity index (χ4n) is 3.81. The quantitative estimate of drug-likeness (QED) is 0.819. The average Bonchev–Trinajstić information content (AvgIpc) is 2.80. The molecule has 2 saturated heterocycles. The lowest BCUT2D eigenvalue weighted by Gasteiger charge is -2.29. The summed E-state index contributed by atoms with van der Waals surface area (Å²) in [6.45, 7) is 3.67. The van der Waals surface area contributed by atoms with E-state index in [1.807, 2.05) is 4.90 Å². The SMILES string of the molecule is COc1cc(Cl)cc2cc(C(=O)N3C[C@H]4COC[C@@H]3CN(C)C4)oc12. The van der Waals surface area contributed by atoms with Crippen molar-refractivity contribution >= 4 is 28.5 Å². The highest BCUT2D eigenvalue weighted by molar-refractivity contribution is 6.31. The maximum absolute atomic E-state index is 13.1. The Morgan fingerprint density at radius 1 is 1.24 bits per heavy atom. The zero-order valence-electron chi connectivity index (χ0n) is 14.3. The highest BCUT2D eigenvalue weighted by Crippen LogP contribution is 2.33. The standard InChI is InChI=1S/C18H21ClN2O4/c1-20-6-11-7-21(14(8-20)10-24-9-11)18(22)16-4-12-3-13(19)5-15(23-2)17(12)25-16/h3-5,11,14H,6-10H2,1-2H3/t11-,14-/m0/s1. The molecule has 25 heavy (non-hydrogen) atoms. The third-order valence-electron chi connectivity index (χ3n) is 4.89. The molecular weight excluding hydrogens is 344 g/mol. The van der Waals surface area contributed by atoms with Crippen molar-refractivity contribution in [3.05, 3.63) is 29.0 Å². The molecule has 3 heterocycles. The van der Waals surface area contributed by atoms with Crippen LogP contribution in [0.25, 0.3) is 11.0 Å². The molecule has 2 fully saturated rings. The fraction of sp³-hybridized carbons (Fsp3) is 0.500. The predicted octanol–water partition coefficient (Wildman–Crippen LogP) is 2.50.